The van der Waals surface area contributed by atoms with E-state index in [9.17, 15) is 9.18 Å². The SMILES string of the molecule is O=C(CO/N=C\c1ccc(Br)cc1)Nc1ccc(F)cc1Cl. The number of carbonyl (C=O) groups excluding carboxylic acids is 1. The van der Waals surface area contributed by atoms with Gasteiger partial charge < -0.3 is 10.2 Å². The molecule has 0 unspecified atom stereocenters. The molecule has 0 bridgehead atoms. The minimum atomic E-state index is -0.474. The van der Waals surface area contributed by atoms with Crippen LogP contribution in [0.3, 0.4) is 0 Å². The fourth-order valence-electron chi connectivity index (χ4n) is 1.52. The normalized spacial score (nSPS) is 10.7. The summed E-state index contributed by atoms with van der Waals surface area (Å²) in [6, 6.07) is 11.1. The highest BCUT2D eigenvalue weighted by atomic mass is 79.9. The molecule has 0 heterocycles. The molecule has 0 aromatic heterocycles. The molecule has 0 aliphatic rings. The van der Waals surface area contributed by atoms with Crippen molar-refractivity contribution in [3.63, 3.8) is 0 Å². The molecule has 0 spiro atoms. The van der Waals surface area contributed by atoms with Crippen molar-refractivity contribution in [3.8, 4) is 0 Å². The molecule has 4 nitrogen and oxygen atoms in total. The van der Waals surface area contributed by atoms with Crippen LogP contribution in [0.2, 0.25) is 5.02 Å². The van der Waals surface area contributed by atoms with E-state index in [0.29, 0.717) is 5.69 Å². The van der Waals surface area contributed by atoms with Crippen LogP contribution in [0.25, 0.3) is 0 Å². The lowest BCUT2D eigenvalue weighted by Gasteiger charge is -2.06. The van der Waals surface area contributed by atoms with Gasteiger partial charge in [0, 0.05) is 4.47 Å². The number of benzene rings is 2. The molecule has 0 aliphatic heterocycles. The Morgan fingerprint density at radius 1 is 1.32 bits per heavy atom. The number of oxime groups is 1. The van der Waals surface area contributed by atoms with Gasteiger partial charge >= 0.3 is 0 Å². The van der Waals surface area contributed by atoms with Gasteiger partial charge in [-0.1, -0.05) is 44.8 Å². The Morgan fingerprint density at radius 2 is 2.05 bits per heavy atom. The second kappa shape index (κ2) is 7.91. The molecule has 2 rings (SSSR count). The number of amides is 1. The first-order chi connectivity index (χ1) is 10.5. The first-order valence-corrected chi connectivity index (χ1v) is 7.37. The van der Waals surface area contributed by atoms with Gasteiger partial charge in [-0.3, -0.25) is 4.79 Å². The lowest BCUT2D eigenvalue weighted by atomic mass is 10.2. The van der Waals surface area contributed by atoms with Crippen LogP contribution in [0.5, 0.6) is 0 Å². The number of carbonyl (C=O) groups is 1. The molecular weight excluding hydrogens is 375 g/mol. The molecular formula is C15H11BrClFN2O2. The third-order valence-corrected chi connectivity index (χ3v) is 3.39. The number of nitrogens with zero attached hydrogens (tertiary/aromatic N) is 1. The number of anilines is 1. The highest BCUT2D eigenvalue weighted by molar-refractivity contribution is 9.10. The average molecular weight is 386 g/mol. The smallest absolute Gasteiger partial charge is 0.265 e. The molecule has 0 aliphatic carbocycles. The molecule has 0 fully saturated rings. The summed E-state index contributed by atoms with van der Waals surface area (Å²) < 4.78 is 13.8. The summed E-state index contributed by atoms with van der Waals surface area (Å²) in [5.41, 5.74) is 1.15. The van der Waals surface area contributed by atoms with E-state index in [1.54, 1.807) is 0 Å². The Hall–Kier alpha value is -1.92. The standard InChI is InChI=1S/C15H11BrClFN2O2/c16-11-3-1-10(2-4-11)8-19-22-9-15(21)20-14-6-5-12(18)7-13(14)17/h1-8H,9H2,(H,20,21)/b19-8-. The first kappa shape index (κ1) is 16.5. The van der Waals surface area contributed by atoms with Gasteiger partial charge in [0.15, 0.2) is 6.61 Å². The van der Waals surface area contributed by atoms with Crippen molar-refractivity contribution in [2.24, 2.45) is 5.16 Å². The molecule has 0 atom stereocenters. The van der Waals surface area contributed by atoms with Gasteiger partial charge in [-0.25, -0.2) is 4.39 Å². The van der Waals surface area contributed by atoms with E-state index >= 15 is 0 Å². The predicted octanol–water partition coefficient (Wildman–Crippen LogP) is 4.23. The van der Waals surface area contributed by atoms with Crippen LogP contribution in [0.4, 0.5) is 10.1 Å². The maximum absolute atomic E-state index is 12.9. The first-order valence-electron chi connectivity index (χ1n) is 6.20. The van der Waals surface area contributed by atoms with E-state index in [1.165, 1.54) is 18.3 Å². The molecule has 22 heavy (non-hydrogen) atoms. The van der Waals surface area contributed by atoms with E-state index in [0.717, 1.165) is 16.1 Å². The zero-order valence-electron chi connectivity index (χ0n) is 11.2. The number of hydrogen-bond donors (Lipinski definition) is 1. The minimum absolute atomic E-state index is 0.117. The summed E-state index contributed by atoms with van der Waals surface area (Å²) in [5.74, 6) is -0.917. The fourth-order valence-corrected chi connectivity index (χ4v) is 2.00. The Labute approximate surface area is 140 Å². The summed E-state index contributed by atoms with van der Waals surface area (Å²) in [5, 5.41) is 6.31. The maximum Gasteiger partial charge on any atom is 0.265 e. The number of rotatable bonds is 5. The highest BCUT2D eigenvalue weighted by Crippen LogP contribution is 2.22. The fraction of sp³-hybridized carbons (Fsp3) is 0.0667. The van der Waals surface area contributed by atoms with E-state index in [2.05, 4.69) is 26.4 Å². The Balaban J connectivity index is 1.81. The Morgan fingerprint density at radius 3 is 2.73 bits per heavy atom. The van der Waals surface area contributed by atoms with Crippen LogP contribution in [0.15, 0.2) is 52.1 Å². The van der Waals surface area contributed by atoms with Gasteiger partial charge in [0.2, 0.25) is 0 Å². The van der Waals surface area contributed by atoms with Gasteiger partial charge in [0.1, 0.15) is 5.82 Å². The van der Waals surface area contributed by atoms with E-state index in [4.69, 9.17) is 16.4 Å². The molecule has 1 amide bonds. The second-order valence-corrected chi connectivity index (χ2v) is 5.55. The van der Waals surface area contributed by atoms with Crippen molar-refractivity contribution in [1.82, 2.24) is 0 Å². The summed E-state index contributed by atoms with van der Waals surface area (Å²) in [7, 11) is 0. The van der Waals surface area contributed by atoms with E-state index < -0.39 is 11.7 Å². The maximum atomic E-state index is 12.9. The molecule has 114 valence electrons. The summed E-state index contributed by atoms with van der Waals surface area (Å²) >= 11 is 9.12. The lowest BCUT2D eigenvalue weighted by molar-refractivity contribution is -0.120. The molecule has 0 radical (unpaired) electrons. The zero-order valence-corrected chi connectivity index (χ0v) is 13.6. The van der Waals surface area contributed by atoms with Gasteiger partial charge in [-0.05, 0) is 35.9 Å². The largest absolute Gasteiger partial charge is 0.386 e. The monoisotopic (exact) mass is 384 g/mol. The van der Waals surface area contributed by atoms with Crippen LogP contribution >= 0.6 is 27.5 Å². The van der Waals surface area contributed by atoms with Crippen molar-refractivity contribution in [1.29, 1.82) is 0 Å². The van der Waals surface area contributed by atoms with Crippen molar-refractivity contribution < 1.29 is 14.0 Å². The Bertz CT molecular complexity index is 692. The van der Waals surface area contributed by atoms with Crippen LogP contribution in [-0.2, 0) is 9.63 Å². The molecule has 2 aromatic carbocycles. The van der Waals surface area contributed by atoms with Gasteiger partial charge in [-0.2, -0.15) is 0 Å². The van der Waals surface area contributed by atoms with Crippen LogP contribution in [0, 0.1) is 5.82 Å². The van der Waals surface area contributed by atoms with Crippen molar-refractivity contribution in [3.05, 3.63) is 63.3 Å². The van der Waals surface area contributed by atoms with Crippen LogP contribution < -0.4 is 5.32 Å². The number of halogens is 3. The third-order valence-electron chi connectivity index (χ3n) is 2.55. The van der Waals surface area contributed by atoms with Gasteiger partial charge in [0.05, 0.1) is 16.9 Å². The summed E-state index contributed by atoms with van der Waals surface area (Å²) in [6.07, 6.45) is 1.49. The van der Waals surface area contributed by atoms with Crippen LogP contribution in [-0.4, -0.2) is 18.7 Å². The second-order valence-electron chi connectivity index (χ2n) is 4.23. The summed E-state index contributed by atoms with van der Waals surface area (Å²) in [6.45, 7) is -0.277. The van der Waals surface area contributed by atoms with Gasteiger partial charge in [0.25, 0.3) is 5.91 Å². The average Bonchev–Trinajstić information content (AvgIpc) is 2.48. The highest BCUT2D eigenvalue weighted by Gasteiger charge is 2.07. The van der Waals surface area contributed by atoms with Gasteiger partial charge in [-0.15, -0.1) is 0 Å². The van der Waals surface area contributed by atoms with Crippen LogP contribution in [0.1, 0.15) is 5.56 Å². The van der Waals surface area contributed by atoms with Crippen molar-refractivity contribution in [2.45, 2.75) is 0 Å². The zero-order chi connectivity index (χ0) is 15.9. The van der Waals surface area contributed by atoms with Crippen molar-refractivity contribution >= 4 is 45.3 Å². The molecule has 7 heteroatoms. The van der Waals surface area contributed by atoms with Crippen molar-refractivity contribution in [2.75, 3.05) is 11.9 Å². The lowest BCUT2D eigenvalue weighted by Crippen LogP contribution is -2.17. The molecule has 2 aromatic rings. The summed E-state index contributed by atoms with van der Waals surface area (Å²) in [4.78, 5) is 16.5. The minimum Gasteiger partial charge on any atom is -0.386 e. The number of hydrogen-bond acceptors (Lipinski definition) is 3. The third kappa shape index (κ3) is 5.13. The molecule has 0 saturated heterocycles. The van der Waals surface area contributed by atoms with E-state index in [1.807, 2.05) is 24.3 Å². The number of nitrogens with one attached hydrogen (secondary N) is 1. The Kier molecular flexibility index (Phi) is 5.91. The molecule has 0 saturated carbocycles. The molecule has 1 N–H and O–H groups in total. The quantitative estimate of drug-likeness (QED) is 0.618. The predicted molar refractivity (Wildman–Crippen MR) is 87.7 cm³/mol. The van der Waals surface area contributed by atoms with E-state index in [-0.39, 0.29) is 11.6 Å². The topological polar surface area (TPSA) is 50.7 Å².